The van der Waals surface area contributed by atoms with Gasteiger partial charge in [0.05, 0.1) is 18.2 Å². The Morgan fingerprint density at radius 2 is 1.83 bits per heavy atom. The largest absolute Gasteiger partial charge is 0.503 e. The van der Waals surface area contributed by atoms with Gasteiger partial charge in [-0.15, -0.1) is 0 Å². The fourth-order valence-electron chi connectivity index (χ4n) is 3.51. The Kier molecular flexibility index (Phi) is 5.66. The number of nitrogens with zero attached hydrogens (tertiary/aromatic N) is 1. The van der Waals surface area contributed by atoms with Gasteiger partial charge in [-0.3, -0.25) is 9.59 Å². The Hall–Kier alpha value is -2.86. The molecule has 0 unspecified atom stereocenters. The molecule has 1 aliphatic heterocycles. The van der Waals surface area contributed by atoms with E-state index < -0.39 is 23.5 Å². The highest BCUT2D eigenvalue weighted by Gasteiger charge is 2.44. The summed E-state index contributed by atoms with van der Waals surface area (Å²) in [6, 6.07) is 10.3. The molecule has 1 aliphatic rings. The molecule has 1 N–H and O–H groups in total. The fourth-order valence-corrected chi connectivity index (χ4v) is 3.51. The number of ether oxygens (including phenoxy) is 1. The van der Waals surface area contributed by atoms with Crippen molar-refractivity contribution in [2.75, 3.05) is 20.3 Å². The first-order valence-corrected chi connectivity index (χ1v) is 9.59. The van der Waals surface area contributed by atoms with E-state index in [1.54, 1.807) is 26.2 Å². The molecule has 0 fully saturated rings. The SMILES string of the molecule is COCCN1C(=O)C(O)=C(C(=O)c2ccc(C)o2)[C@H]1c1ccc(C(C)(C)C)cc1. The second-order valence-corrected chi connectivity index (χ2v) is 8.27. The van der Waals surface area contributed by atoms with Crippen molar-refractivity contribution in [2.45, 2.75) is 39.2 Å². The van der Waals surface area contributed by atoms with Crippen LogP contribution in [0.15, 0.2) is 52.1 Å². The number of aliphatic hydroxyl groups is 1. The van der Waals surface area contributed by atoms with Crippen LogP contribution in [0.5, 0.6) is 0 Å². The molecule has 0 aliphatic carbocycles. The molecule has 1 aromatic carbocycles. The number of aliphatic hydroxyl groups excluding tert-OH is 1. The quantitative estimate of drug-likeness (QED) is 0.742. The highest BCUT2D eigenvalue weighted by molar-refractivity contribution is 6.15. The summed E-state index contributed by atoms with van der Waals surface area (Å²) in [4.78, 5) is 27.3. The molecule has 29 heavy (non-hydrogen) atoms. The minimum atomic E-state index is -0.704. The molecule has 1 amide bonds. The minimum Gasteiger partial charge on any atom is -0.503 e. The summed E-state index contributed by atoms with van der Waals surface area (Å²) in [7, 11) is 1.54. The molecule has 2 aromatic rings. The Labute approximate surface area is 170 Å². The summed E-state index contributed by atoms with van der Waals surface area (Å²) in [5, 5.41) is 10.6. The number of ketones is 1. The number of Topliss-reactive ketones (excluding diaryl/α,β-unsaturated/α-hetero) is 1. The Balaban J connectivity index is 2.06. The van der Waals surface area contributed by atoms with Crippen molar-refractivity contribution < 1.29 is 23.8 Å². The standard InChI is InChI=1S/C23H27NO5/c1-14-6-11-17(29-14)20(25)18-19(24(12-13-28-5)22(27)21(18)26)15-7-9-16(10-8-15)23(2,3)4/h6-11,19,26H,12-13H2,1-5H3/t19-/m1/s1. The van der Waals surface area contributed by atoms with Crippen molar-refractivity contribution >= 4 is 11.7 Å². The third-order valence-corrected chi connectivity index (χ3v) is 5.14. The molecule has 0 radical (unpaired) electrons. The fraction of sp³-hybridized carbons (Fsp3) is 0.391. The summed E-state index contributed by atoms with van der Waals surface area (Å²) in [6.45, 7) is 8.62. The van der Waals surface area contributed by atoms with E-state index in [4.69, 9.17) is 9.15 Å². The lowest BCUT2D eigenvalue weighted by Crippen LogP contribution is -2.34. The van der Waals surface area contributed by atoms with Crippen LogP contribution in [0, 0.1) is 6.92 Å². The zero-order valence-corrected chi connectivity index (χ0v) is 17.5. The van der Waals surface area contributed by atoms with Gasteiger partial charge in [0.2, 0.25) is 5.78 Å². The van der Waals surface area contributed by atoms with Gasteiger partial charge in [-0.25, -0.2) is 0 Å². The molecule has 2 heterocycles. The number of carbonyl (C=O) groups is 2. The monoisotopic (exact) mass is 397 g/mol. The number of hydrogen-bond donors (Lipinski definition) is 1. The second-order valence-electron chi connectivity index (χ2n) is 8.27. The van der Waals surface area contributed by atoms with Gasteiger partial charge in [-0.05, 0) is 35.6 Å². The molecule has 0 saturated carbocycles. The van der Waals surface area contributed by atoms with E-state index in [1.807, 2.05) is 24.3 Å². The van der Waals surface area contributed by atoms with Crippen molar-refractivity contribution in [2.24, 2.45) is 0 Å². The highest BCUT2D eigenvalue weighted by atomic mass is 16.5. The molecule has 3 rings (SSSR count). The Morgan fingerprint density at radius 3 is 2.34 bits per heavy atom. The van der Waals surface area contributed by atoms with Gasteiger partial charge < -0.3 is 19.2 Å². The molecule has 1 atom stereocenters. The average molecular weight is 397 g/mol. The predicted octanol–water partition coefficient (Wildman–Crippen LogP) is 4.11. The summed E-state index contributed by atoms with van der Waals surface area (Å²) in [5.41, 5.74) is 1.89. The lowest BCUT2D eigenvalue weighted by atomic mass is 9.85. The van der Waals surface area contributed by atoms with Crippen molar-refractivity contribution in [1.82, 2.24) is 4.90 Å². The van der Waals surface area contributed by atoms with Gasteiger partial charge in [0.15, 0.2) is 11.5 Å². The van der Waals surface area contributed by atoms with E-state index in [-0.39, 0.29) is 29.9 Å². The maximum absolute atomic E-state index is 13.1. The van der Waals surface area contributed by atoms with Crippen LogP contribution in [0.25, 0.3) is 0 Å². The van der Waals surface area contributed by atoms with Gasteiger partial charge in [0, 0.05) is 13.7 Å². The van der Waals surface area contributed by atoms with E-state index in [0.29, 0.717) is 5.76 Å². The van der Waals surface area contributed by atoms with E-state index in [9.17, 15) is 14.7 Å². The molecule has 0 spiro atoms. The maximum atomic E-state index is 13.1. The maximum Gasteiger partial charge on any atom is 0.290 e. The number of amides is 1. The van der Waals surface area contributed by atoms with Gasteiger partial charge in [0.1, 0.15) is 5.76 Å². The third kappa shape index (κ3) is 3.98. The lowest BCUT2D eigenvalue weighted by molar-refractivity contribution is -0.130. The van der Waals surface area contributed by atoms with Crippen LogP contribution >= 0.6 is 0 Å². The summed E-state index contributed by atoms with van der Waals surface area (Å²) >= 11 is 0. The Morgan fingerprint density at radius 1 is 1.17 bits per heavy atom. The molecule has 6 heteroatoms. The van der Waals surface area contributed by atoms with Crippen LogP contribution < -0.4 is 0 Å². The third-order valence-electron chi connectivity index (χ3n) is 5.14. The van der Waals surface area contributed by atoms with Gasteiger partial charge in [0.25, 0.3) is 5.91 Å². The number of furan rings is 1. The predicted molar refractivity (Wildman–Crippen MR) is 109 cm³/mol. The van der Waals surface area contributed by atoms with Crippen molar-refractivity contribution in [1.29, 1.82) is 0 Å². The van der Waals surface area contributed by atoms with Gasteiger partial charge in [-0.2, -0.15) is 0 Å². The van der Waals surface area contributed by atoms with Crippen molar-refractivity contribution in [3.8, 4) is 0 Å². The molecule has 0 saturated heterocycles. The average Bonchev–Trinajstić information content (AvgIpc) is 3.21. The molecule has 154 valence electrons. The molecule has 1 aromatic heterocycles. The zero-order valence-electron chi connectivity index (χ0n) is 17.5. The second kappa shape index (κ2) is 7.87. The number of benzene rings is 1. The number of methoxy groups -OCH3 is 1. The smallest absolute Gasteiger partial charge is 0.290 e. The van der Waals surface area contributed by atoms with Crippen molar-refractivity contribution in [3.05, 3.63) is 70.4 Å². The highest BCUT2D eigenvalue weighted by Crippen LogP contribution is 2.39. The number of carbonyl (C=O) groups excluding carboxylic acids is 2. The van der Waals surface area contributed by atoms with E-state index in [1.165, 1.54) is 4.90 Å². The zero-order chi connectivity index (χ0) is 21.3. The first-order chi connectivity index (χ1) is 13.6. The lowest BCUT2D eigenvalue weighted by Gasteiger charge is -2.27. The molecular weight excluding hydrogens is 370 g/mol. The minimum absolute atomic E-state index is 0.0257. The van der Waals surface area contributed by atoms with Crippen LogP contribution in [0.2, 0.25) is 0 Å². The van der Waals surface area contributed by atoms with Crippen molar-refractivity contribution in [3.63, 3.8) is 0 Å². The number of aryl methyl sites for hydroxylation is 1. The Bertz CT molecular complexity index is 946. The number of hydrogen-bond acceptors (Lipinski definition) is 5. The topological polar surface area (TPSA) is 80.0 Å². The van der Waals surface area contributed by atoms with E-state index in [2.05, 4.69) is 20.8 Å². The summed E-state index contributed by atoms with van der Waals surface area (Å²) in [5.74, 6) is -0.931. The first kappa shape index (κ1) is 20.9. The van der Waals surface area contributed by atoms with Crippen LogP contribution in [-0.2, 0) is 14.9 Å². The van der Waals surface area contributed by atoms with E-state index in [0.717, 1.165) is 11.1 Å². The van der Waals surface area contributed by atoms with Crippen LogP contribution in [0.3, 0.4) is 0 Å². The normalized spacial score (nSPS) is 17.3. The first-order valence-electron chi connectivity index (χ1n) is 9.59. The summed E-state index contributed by atoms with van der Waals surface area (Å²) < 4.78 is 10.6. The van der Waals surface area contributed by atoms with Crippen LogP contribution in [0.4, 0.5) is 0 Å². The van der Waals surface area contributed by atoms with Crippen LogP contribution in [-0.4, -0.2) is 42.0 Å². The number of rotatable bonds is 6. The van der Waals surface area contributed by atoms with Gasteiger partial charge in [-0.1, -0.05) is 45.0 Å². The van der Waals surface area contributed by atoms with Gasteiger partial charge >= 0.3 is 0 Å². The van der Waals surface area contributed by atoms with E-state index >= 15 is 0 Å². The van der Waals surface area contributed by atoms with Crippen LogP contribution in [0.1, 0.15) is 54.3 Å². The molecule has 6 nitrogen and oxygen atoms in total. The molecule has 0 bridgehead atoms. The molecular formula is C23H27NO5. The summed E-state index contributed by atoms with van der Waals surface area (Å²) in [6.07, 6.45) is 0.